The number of nitrogens with zero attached hydrogens (tertiary/aromatic N) is 2. The predicted molar refractivity (Wildman–Crippen MR) is 116 cm³/mol. The standard InChI is InChI=1S/C25H22N2O2/c1-29-21-15-16-22-20(17-21)13-8-14-23(22)26-27-24(18-9-4-2-5-10-18)25(28)19-11-6-3-7-12-19/h2-7,9-12,15-17H,8,13-14H2,1H3. The van der Waals surface area contributed by atoms with Gasteiger partial charge in [0.05, 0.1) is 12.8 Å². The van der Waals surface area contributed by atoms with Crippen LogP contribution in [0.5, 0.6) is 5.75 Å². The minimum Gasteiger partial charge on any atom is -0.497 e. The number of aryl methyl sites for hydroxylation is 1. The molecule has 4 heteroatoms. The SMILES string of the molecule is COc1ccc2c(c1)CCCC2=NN=C(C(=O)c1ccccc1)c1ccccc1. The molecule has 3 aromatic carbocycles. The van der Waals surface area contributed by atoms with Gasteiger partial charge in [-0.25, -0.2) is 0 Å². The Bertz CT molecular complexity index is 1070. The van der Waals surface area contributed by atoms with Gasteiger partial charge in [0.25, 0.3) is 0 Å². The molecule has 0 saturated carbocycles. The summed E-state index contributed by atoms with van der Waals surface area (Å²) < 4.78 is 5.34. The largest absolute Gasteiger partial charge is 0.497 e. The second-order valence-corrected chi connectivity index (χ2v) is 6.93. The van der Waals surface area contributed by atoms with E-state index in [9.17, 15) is 4.79 Å². The summed E-state index contributed by atoms with van der Waals surface area (Å²) >= 11 is 0. The van der Waals surface area contributed by atoms with Crippen LogP contribution in [0.1, 0.15) is 39.9 Å². The van der Waals surface area contributed by atoms with Crippen LogP contribution in [0.25, 0.3) is 0 Å². The van der Waals surface area contributed by atoms with Crippen LogP contribution < -0.4 is 4.74 Å². The lowest BCUT2D eigenvalue weighted by molar-refractivity contribution is 0.106. The third-order valence-electron chi connectivity index (χ3n) is 5.05. The molecule has 1 aliphatic rings. The maximum atomic E-state index is 13.1. The van der Waals surface area contributed by atoms with E-state index >= 15 is 0 Å². The van der Waals surface area contributed by atoms with E-state index in [-0.39, 0.29) is 5.78 Å². The van der Waals surface area contributed by atoms with Crippen LogP contribution in [-0.2, 0) is 6.42 Å². The maximum absolute atomic E-state index is 13.1. The smallest absolute Gasteiger partial charge is 0.213 e. The first-order valence-electron chi connectivity index (χ1n) is 9.73. The normalized spacial score (nSPS) is 15.1. The van der Waals surface area contributed by atoms with Crippen molar-refractivity contribution in [1.29, 1.82) is 0 Å². The molecule has 1 aliphatic carbocycles. The molecule has 144 valence electrons. The van der Waals surface area contributed by atoms with E-state index in [1.165, 1.54) is 5.56 Å². The Morgan fingerprint density at radius 1 is 0.862 bits per heavy atom. The Morgan fingerprint density at radius 3 is 2.24 bits per heavy atom. The van der Waals surface area contributed by atoms with Gasteiger partial charge in [-0.1, -0.05) is 60.7 Å². The first-order valence-corrected chi connectivity index (χ1v) is 9.73. The summed E-state index contributed by atoms with van der Waals surface area (Å²) in [6.45, 7) is 0. The van der Waals surface area contributed by atoms with Crippen molar-refractivity contribution in [3.8, 4) is 5.75 Å². The van der Waals surface area contributed by atoms with E-state index in [1.807, 2.05) is 60.7 Å². The van der Waals surface area contributed by atoms with Crippen LogP contribution in [0.3, 0.4) is 0 Å². The number of ether oxygens (including phenoxy) is 1. The minimum atomic E-state index is -0.132. The highest BCUT2D eigenvalue weighted by Gasteiger charge is 2.19. The number of fused-ring (bicyclic) bond motifs is 1. The van der Waals surface area contributed by atoms with Crippen LogP contribution >= 0.6 is 0 Å². The third-order valence-corrected chi connectivity index (χ3v) is 5.05. The van der Waals surface area contributed by atoms with Gasteiger partial charge in [-0.2, -0.15) is 5.10 Å². The van der Waals surface area contributed by atoms with Gasteiger partial charge >= 0.3 is 0 Å². The Balaban J connectivity index is 1.76. The number of carbonyl (C=O) groups excluding carboxylic acids is 1. The molecule has 4 rings (SSSR count). The lowest BCUT2D eigenvalue weighted by Gasteiger charge is -2.18. The molecule has 0 radical (unpaired) electrons. The summed E-state index contributed by atoms with van der Waals surface area (Å²) in [5.41, 5.74) is 4.91. The lowest BCUT2D eigenvalue weighted by atomic mass is 9.90. The number of Topliss-reactive ketones (excluding diaryl/α,β-unsaturated/α-hetero) is 1. The van der Waals surface area contributed by atoms with Gasteiger partial charge in [0.2, 0.25) is 5.78 Å². The number of methoxy groups -OCH3 is 1. The summed E-state index contributed by atoms with van der Waals surface area (Å²) in [4.78, 5) is 13.1. The second kappa shape index (κ2) is 8.65. The monoisotopic (exact) mass is 382 g/mol. The quantitative estimate of drug-likeness (QED) is 0.350. The van der Waals surface area contributed by atoms with Gasteiger partial charge in [-0.15, -0.1) is 5.10 Å². The number of hydrogen-bond donors (Lipinski definition) is 0. The number of rotatable bonds is 5. The number of hydrogen-bond acceptors (Lipinski definition) is 4. The molecule has 0 unspecified atom stereocenters. The molecule has 29 heavy (non-hydrogen) atoms. The van der Waals surface area contributed by atoms with Crippen molar-refractivity contribution in [1.82, 2.24) is 0 Å². The van der Waals surface area contributed by atoms with E-state index in [0.717, 1.165) is 41.9 Å². The molecule has 0 atom stereocenters. The molecule has 0 heterocycles. The van der Waals surface area contributed by atoms with Gasteiger partial charge in [-0.05, 0) is 43.0 Å². The second-order valence-electron chi connectivity index (χ2n) is 6.93. The summed E-state index contributed by atoms with van der Waals surface area (Å²) in [6.07, 6.45) is 2.83. The maximum Gasteiger partial charge on any atom is 0.213 e. The zero-order valence-corrected chi connectivity index (χ0v) is 16.3. The highest BCUT2D eigenvalue weighted by Crippen LogP contribution is 2.26. The van der Waals surface area contributed by atoms with E-state index in [1.54, 1.807) is 19.2 Å². The first kappa shape index (κ1) is 18.8. The molecule has 0 fully saturated rings. The van der Waals surface area contributed by atoms with Crippen LogP contribution in [0.4, 0.5) is 0 Å². The molecule has 0 aliphatic heterocycles. The fourth-order valence-corrected chi connectivity index (χ4v) is 3.54. The predicted octanol–water partition coefficient (Wildman–Crippen LogP) is 5.11. The number of carbonyl (C=O) groups is 1. The van der Waals surface area contributed by atoms with Gasteiger partial charge in [0.1, 0.15) is 11.5 Å². The zero-order valence-electron chi connectivity index (χ0n) is 16.3. The summed E-state index contributed by atoms with van der Waals surface area (Å²) in [5.74, 6) is 0.713. The Kier molecular flexibility index (Phi) is 5.61. The Labute approximate surface area is 170 Å². The van der Waals surface area contributed by atoms with Crippen LogP contribution in [0.2, 0.25) is 0 Å². The Hall–Kier alpha value is -3.53. The van der Waals surface area contributed by atoms with Crippen molar-refractivity contribution in [3.05, 3.63) is 101 Å². The lowest BCUT2D eigenvalue weighted by Crippen LogP contribution is -2.17. The molecule has 0 spiro atoms. The highest BCUT2D eigenvalue weighted by atomic mass is 16.5. The van der Waals surface area contributed by atoms with E-state index in [2.05, 4.69) is 16.3 Å². The van der Waals surface area contributed by atoms with Gasteiger partial charge in [0, 0.05) is 16.7 Å². The summed E-state index contributed by atoms with van der Waals surface area (Å²) in [5, 5.41) is 9.01. The first-order chi connectivity index (χ1) is 14.3. The topological polar surface area (TPSA) is 51.0 Å². The minimum absolute atomic E-state index is 0.132. The molecule has 0 bridgehead atoms. The van der Waals surface area contributed by atoms with Crippen molar-refractivity contribution in [2.75, 3.05) is 7.11 Å². The molecule has 0 aromatic heterocycles. The van der Waals surface area contributed by atoms with Crippen molar-refractivity contribution in [3.63, 3.8) is 0 Å². The average molecular weight is 382 g/mol. The van der Waals surface area contributed by atoms with Crippen molar-refractivity contribution in [2.45, 2.75) is 19.3 Å². The number of ketones is 1. The van der Waals surface area contributed by atoms with Crippen LogP contribution in [-0.4, -0.2) is 24.3 Å². The van der Waals surface area contributed by atoms with Gasteiger partial charge < -0.3 is 4.74 Å². The van der Waals surface area contributed by atoms with Gasteiger partial charge in [-0.3, -0.25) is 4.79 Å². The molecule has 0 amide bonds. The van der Waals surface area contributed by atoms with Gasteiger partial charge in [0.15, 0.2) is 0 Å². The van der Waals surface area contributed by atoms with Crippen LogP contribution in [0.15, 0.2) is 89.1 Å². The van der Waals surface area contributed by atoms with Crippen molar-refractivity contribution >= 4 is 17.2 Å². The van der Waals surface area contributed by atoms with E-state index in [0.29, 0.717) is 11.3 Å². The summed E-state index contributed by atoms with van der Waals surface area (Å²) in [6, 6.07) is 24.7. The summed E-state index contributed by atoms with van der Waals surface area (Å²) in [7, 11) is 1.67. The molecular formula is C25H22N2O2. The van der Waals surface area contributed by atoms with Crippen molar-refractivity contribution in [2.24, 2.45) is 10.2 Å². The zero-order chi connectivity index (χ0) is 20.1. The van der Waals surface area contributed by atoms with Crippen molar-refractivity contribution < 1.29 is 9.53 Å². The number of benzene rings is 3. The molecule has 0 N–H and O–H groups in total. The highest BCUT2D eigenvalue weighted by molar-refractivity contribution is 6.51. The van der Waals surface area contributed by atoms with E-state index < -0.39 is 0 Å². The van der Waals surface area contributed by atoms with Crippen LogP contribution in [0, 0.1) is 0 Å². The Morgan fingerprint density at radius 2 is 1.55 bits per heavy atom. The molecule has 4 nitrogen and oxygen atoms in total. The fourth-order valence-electron chi connectivity index (χ4n) is 3.54. The fraction of sp³-hybridized carbons (Fsp3) is 0.160. The third kappa shape index (κ3) is 4.16. The molecule has 3 aromatic rings. The average Bonchev–Trinajstić information content (AvgIpc) is 2.80. The molecule has 0 saturated heterocycles. The van der Waals surface area contributed by atoms with E-state index in [4.69, 9.17) is 4.74 Å². The molecular weight excluding hydrogens is 360 g/mol.